The normalized spacial score (nSPS) is 22.0. The van der Waals surface area contributed by atoms with Gasteiger partial charge in [-0.3, -0.25) is 5.10 Å². The molecule has 2 rings (SSSR count). The van der Waals surface area contributed by atoms with Gasteiger partial charge < -0.3 is 15.0 Å². The van der Waals surface area contributed by atoms with Crippen molar-refractivity contribution in [1.82, 2.24) is 20.5 Å². The first-order valence-corrected chi connectivity index (χ1v) is 5.18. The van der Waals surface area contributed by atoms with Gasteiger partial charge in [0.2, 0.25) is 5.95 Å². The van der Waals surface area contributed by atoms with E-state index in [4.69, 9.17) is 4.74 Å². The first-order chi connectivity index (χ1) is 7.29. The van der Waals surface area contributed by atoms with Gasteiger partial charge in [0.1, 0.15) is 6.61 Å². The molecule has 84 valence electrons. The monoisotopic (exact) mass is 211 g/mol. The van der Waals surface area contributed by atoms with Crippen LogP contribution in [0.5, 0.6) is 0 Å². The summed E-state index contributed by atoms with van der Waals surface area (Å²) in [6, 6.07) is 0.489. The molecule has 0 aliphatic carbocycles. The third kappa shape index (κ3) is 2.45. The summed E-state index contributed by atoms with van der Waals surface area (Å²) < 4.78 is 4.99. The van der Waals surface area contributed by atoms with Crippen molar-refractivity contribution in [3.05, 3.63) is 5.82 Å². The van der Waals surface area contributed by atoms with Crippen molar-refractivity contribution in [2.24, 2.45) is 0 Å². The summed E-state index contributed by atoms with van der Waals surface area (Å²) in [4.78, 5) is 6.54. The Bertz CT molecular complexity index is 313. The molecule has 1 aliphatic heterocycles. The first kappa shape index (κ1) is 10.4. The second kappa shape index (κ2) is 4.59. The molecule has 1 aliphatic rings. The fraction of sp³-hybridized carbons (Fsp3) is 0.778. The lowest BCUT2D eigenvalue weighted by molar-refractivity contribution is 0.178. The number of piperazine rings is 1. The molecular weight excluding hydrogens is 194 g/mol. The number of aromatic amines is 1. The van der Waals surface area contributed by atoms with E-state index in [0.717, 1.165) is 31.4 Å². The molecule has 1 atom stereocenters. The molecule has 1 fully saturated rings. The zero-order chi connectivity index (χ0) is 10.7. The summed E-state index contributed by atoms with van der Waals surface area (Å²) in [7, 11) is 1.65. The number of aromatic nitrogens is 3. The minimum atomic E-state index is 0.481. The number of nitrogens with one attached hydrogen (secondary N) is 2. The van der Waals surface area contributed by atoms with Crippen LogP contribution in [0.15, 0.2) is 0 Å². The van der Waals surface area contributed by atoms with E-state index >= 15 is 0 Å². The summed E-state index contributed by atoms with van der Waals surface area (Å²) in [5.74, 6) is 1.55. The summed E-state index contributed by atoms with van der Waals surface area (Å²) in [6.07, 6.45) is 0. The van der Waals surface area contributed by atoms with E-state index in [0.29, 0.717) is 12.6 Å². The molecule has 0 radical (unpaired) electrons. The molecule has 0 aromatic carbocycles. The Morgan fingerprint density at radius 2 is 2.47 bits per heavy atom. The number of rotatable bonds is 3. The van der Waals surface area contributed by atoms with Crippen molar-refractivity contribution < 1.29 is 4.74 Å². The van der Waals surface area contributed by atoms with Crippen LogP contribution in [0, 0.1) is 0 Å². The molecule has 0 saturated carbocycles. The van der Waals surface area contributed by atoms with Crippen LogP contribution in [0.3, 0.4) is 0 Å². The van der Waals surface area contributed by atoms with Gasteiger partial charge in [-0.05, 0) is 6.92 Å². The van der Waals surface area contributed by atoms with Crippen LogP contribution in [-0.4, -0.2) is 48.0 Å². The maximum absolute atomic E-state index is 4.99. The number of H-pyrrole nitrogens is 1. The number of hydrogen-bond acceptors (Lipinski definition) is 5. The van der Waals surface area contributed by atoms with Gasteiger partial charge in [0.15, 0.2) is 5.82 Å². The Kier molecular flexibility index (Phi) is 3.17. The average molecular weight is 211 g/mol. The van der Waals surface area contributed by atoms with Crippen LogP contribution in [0.4, 0.5) is 5.95 Å². The average Bonchev–Trinajstić information content (AvgIpc) is 2.67. The van der Waals surface area contributed by atoms with Crippen molar-refractivity contribution >= 4 is 5.95 Å². The van der Waals surface area contributed by atoms with Crippen molar-refractivity contribution in [3.63, 3.8) is 0 Å². The molecule has 1 unspecified atom stereocenters. The molecule has 1 aromatic rings. The topological polar surface area (TPSA) is 66.1 Å². The highest BCUT2D eigenvalue weighted by atomic mass is 16.5. The van der Waals surface area contributed by atoms with Crippen LogP contribution < -0.4 is 10.2 Å². The lowest BCUT2D eigenvalue weighted by Gasteiger charge is -2.30. The molecule has 6 heteroatoms. The second-order valence-electron chi connectivity index (χ2n) is 3.82. The van der Waals surface area contributed by atoms with E-state index in [1.165, 1.54) is 0 Å². The minimum Gasteiger partial charge on any atom is -0.377 e. The van der Waals surface area contributed by atoms with Gasteiger partial charge in [-0.25, -0.2) is 0 Å². The lowest BCUT2D eigenvalue weighted by Crippen LogP contribution is -2.49. The third-order valence-corrected chi connectivity index (χ3v) is 2.45. The number of nitrogens with zero attached hydrogens (tertiary/aromatic N) is 3. The van der Waals surface area contributed by atoms with Gasteiger partial charge in [-0.15, -0.1) is 5.10 Å². The predicted octanol–water partition coefficient (Wildman–Crippen LogP) is -0.251. The van der Waals surface area contributed by atoms with E-state index in [1.807, 2.05) is 0 Å². The van der Waals surface area contributed by atoms with Crippen LogP contribution in [-0.2, 0) is 11.3 Å². The van der Waals surface area contributed by atoms with Crippen LogP contribution in [0.1, 0.15) is 12.7 Å². The SMILES string of the molecule is COCc1nc(N2CCNC(C)C2)n[nH]1. The Morgan fingerprint density at radius 1 is 1.60 bits per heavy atom. The van der Waals surface area contributed by atoms with E-state index in [2.05, 4.69) is 32.3 Å². The number of methoxy groups -OCH3 is 1. The van der Waals surface area contributed by atoms with Crippen LogP contribution in [0.2, 0.25) is 0 Å². The van der Waals surface area contributed by atoms with Gasteiger partial charge in [-0.1, -0.05) is 0 Å². The van der Waals surface area contributed by atoms with Crippen LogP contribution >= 0.6 is 0 Å². The van der Waals surface area contributed by atoms with E-state index in [9.17, 15) is 0 Å². The first-order valence-electron chi connectivity index (χ1n) is 5.18. The lowest BCUT2D eigenvalue weighted by atomic mass is 10.2. The quantitative estimate of drug-likeness (QED) is 0.721. The highest BCUT2D eigenvalue weighted by Gasteiger charge is 2.18. The Morgan fingerprint density at radius 3 is 3.20 bits per heavy atom. The Hall–Kier alpha value is -1.14. The van der Waals surface area contributed by atoms with Gasteiger partial charge in [0, 0.05) is 32.8 Å². The summed E-state index contributed by atoms with van der Waals surface area (Å²) >= 11 is 0. The van der Waals surface area contributed by atoms with E-state index in [1.54, 1.807) is 7.11 Å². The van der Waals surface area contributed by atoms with E-state index < -0.39 is 0 Å². The number of ether oxygens (including phenoxy) is 1. The second-order valence-corrected chi connectivity index (χ2v) is 3.82. The molecule has 2 N–H and O–H groups in total. The fourth-order valence-corrected chi connectivity index (χ4v) is 1.74. The molecule has 1 aromatic heterocycles. The molecule has 0 spiro atoms. The molecule has 6 nitrogen and oxygen atoms in total. The van der Waals surface area contributed by atoms with Crippen molar-refractivity contribution in [3.8, 4) is 0 Å². The molecule has 15 heavy (non-hydrogen) atoms. The maximum atomic E-state index is 4.99. The highest BCUT2D eigenvalue weighted by molar-refractivity contribution is 5.29. The van der Waals surface area contributed by atoms with Crippen molar-refractivity contribution in [2.75, 3.05) is 31.6 Å². The van der Waals surface area contributed by atoms with Crippen molar-refractivity contribution in [1.29, 1.82) is 0 Å². The largest absolute Gasteiger partial charge is 0.377 e. The van der Waals surface area contributed by atoms with Gasteiger partial charge >= 0.3 is 0 Å². The third-order valence-electron chi connectivity index (χ3n) is 2.45. The predicted molar refractivity (Wildman–Crippen MR) is 56.8 cm³/mol. The van der Waals surface area contributed by atoms with Gasteiger partial charge in [-0.2, -0.15) is 4.98 Å². The fourth-order valence-electron chi connectivity index (χ4n) is 1.74. The standard InChI is InChI=1S/C9H17N5O/c1-7-5-14(4-3-10-7)9-11-8(6-15-2)12-13-9/h7,10H,3-6H2,1-2H3,(H,11,12,13). The summed E-state index contributed by atoms with van der Waals surface area (Å²) in [5, 5.41) is 10.4. The maximum Gasteiger partial charge on any atom is 0.244 e. The molecule has 0 bridgehead atoms. The number of anilines is 1. The zero-order valence-electron chi connectivity index (χ0n) is 9.16. The van der Waals surface area contributed by atoms with Gasteiger partial charge in [0.05, 0.1) is 0 Å². The summed E-state index contributed by atoms with van der Waals surface area (Å²) in [6.45, 7) is 5.53. The Balaban J connectivity index is 2.01. The smallest absolute Gasteiger partial charge is 0.244 e. The Labute approximate surface area is 89.0 Å². The van der Waals surface area contributed by atoms with Crippen molar-refractivity contribution in [2.45, 2.75) is 19.6 Å². The van der Waals surface area contributed by atoms with Crippen LogP contribution in [0.25, 0.3) is 0 Å². The molecule has 1 saturated heterocycles. The summed E-state index contributed by atoms with van der Waals surface area (Å²) in [5.41, 5.74) is 0. The number of hydrogen-bond donors (Lipinski definition) is 2. The van der Waals surface area contributed by atoms with E-state index in [-0.39, 0.29) is 0 Å². The molecular formula is C9H17N5O. The molecule has 0 amide bonds. The molecule has 2 heterocycles. The minimum absolute atomic E-state index is 0.481. The van der Waals surface area contributed by atoms with Gasteiger partial charge in [0.25, 0.3) is 0 Å². The zero-order valence-corrected chi connectivity index (χ0v) is 9.16. The highest BCUT2D eigenvalue weighted by Crippen LogP contribution is 2.09.